The van der Waals surface area contributed by atoms with E-state index >= 15 is 0 Å². The van der Waals surface area contributed by atoms with Crippen LogP contribution in [0.3, 0.4) is 0 Å². The number of nitrogens with one attached hydrogen (secondary N) is 1. The molecule has 0 aliphatic heterocycles. The molecule has 2 heterocycles. The summed E-state index contributed by atoms with van der Waals surface area (Å²) in [4.78, 5) is 29.4. The molecule has 6 heteroatoms. The number of aromatic nitrogens is 3. The van der Waals surface area contributed by atoms with Gasteiger partial charge in [-0.05, 0) is 36.6 Å². The van der Waals surface area contributed by atoms with Crippen LogP contribution in [0.25, 0.3) is 10.9 Å². The molecule has 0 spiro atoms. The smallest absolute Gasteiger partial charge is 0.261 e. The number of nitrogens with zero attached hydrogens (tertiary/aromatic N) is 3. The molecule has 0 aliphatic carbocycles. The molecule has 1 amide bonds. The number of rotatable bonds is 7. The number of fused-ring (bicyclic) bond motifs is 1. The molecule has 3 aromatic rings. The largest absolute Gasteiger partial charge is 0.353 e. The Balaban J connectivity index is 1.66. The van der Waals surface area contributed by atoms with E-state index in [0.717, 1.165) is 6.42 Å². The molecule has 6 nitrogen and oxygen atoms in total. The fourth-order valence-corrected chi connectivity index (χ4v) is 3.05. The van der Waals surface area contributed by atoms with Crippen molar-refractivity contribution in [3.8, 4) is 0 Å². The van der Waals surface area contributed by atoms with Gasteiger partial charge in [-0.2, -0.15) is 0 Å². The van der Waals surface area contributed by atoms with Crippen LogP contribution < -0.4 is 10.9 Å². The molecule has 0 radical (unpaired) electrons. The van der Waals surface area contributed by atoms with Crippen molar-refractivity contribution in [1.29, 1.82) is 0 Å². The van der Waals surface area contributed by atoms with Gasteiger partial charge in [0.25, 0.3) is 5.56 Å². The Morgan fingerprint density at radius 3 is 2.62 bits per heavy atom. The number of para-hydroxylation sites is 1. The second-order valence-corrected chi connectivity index (χ2v) is 6.83. The maximum absolute atomic E-state index is 12.6. The fraction of sp³-hybridized carbons (Fsp3) is 0.350. The van der Waals surface area contributed by atoms with E-state index in [-0.39, 0.29) is 17.5 Å². The predicted octanol–water partition coefficient (Wildman–Crippen LogP) is 2.60. The van der Waals surface area contributed by atoms with Gasteiger partial charge in [-0.15, -0.1) is 0 Å². The Morgan fingerprint density at radius 1 is 1.15 bits per heavy atom. The second kappa shape index (κ2) is 7.99. The third-order valence-electron chi connectivity index (χ3n) is 4.37. The molecule has 0 fully saturated rings. The number of amides is 1. The summed E-state index contributed by atoms with van der Waals surface area (Å²) >= 11 is 0. The molecule has 1 atom stereocenters. The highest BCUT2D eigenvalue weighted by Crippen LogP contribution is 2.18. The first-order chi connectivity index (χ1) is 12.6. The molecule has 136 valence electrons. The average Bonchev–Trinajstić information content (AvgIpc) is 3.16. The Kier molecular flexibility index (Phi) is 5.51. The first-order valence-electron chi connectivity index (χ1n) is 8.90. The van der Waals surface area contributed by atoms with Crippen molar-refractivity contribution in [3.63, 3.8) is 0 Å². The standard InChI is InChI=1S/C20H24N4O2/c1-15(2)13-18(23-10-5-6-11-23)19(25)21-9-12-24-14-22-17-8-4-3-7-16(17)20(24)26/h3-8,10-11,14-15,18H,9,12-13H2,1-2H3,(H,21,25)/t18-/m0/s1. The molecule has 0 unspecified atom stereocenters. The Hall–Kier alpha value is -2.89. The number of hydrogen-bond donors (Lipinski definition) is 1. The van der Waals surface area contributed by atoms with Crippen molar-refractivity contribution in [2.75, 3.05) is 6.54 Å². The first-order valence-corrected chi connectivity index (χ1v) is 8.90. The van der Waals surface area contributed by atoms with Gasteiger partial charge in [0.2, 0.25) is 5.91 Å². The highest BCUT2D eigenvalue weighted by molar-refractivity contribution is 5.80. The van der Waals surface area contributed by atoms with Gasteiger partial charge in [0.1, 0.15) is 6.04 Å². The van der Waals surface area contributed by atoms with E-state index in [1.54, 1.807) is 6.07 Å². The second-order valence-electron chi connectivity index (χ2n) is 6.83. The van der Waals surface area contributed by atoms with E-state index in [9.17, 15) is 9.59 Å². The summed E-state index contributed by atoms with van der Waals surface area (Å²) in [5.74, 6) is 0.372. The highest BCUT2D eigenvalue weighted by Gasteiger charge is 2.20. The third-order valence-corrected chi connectivity index (χ3v) is 4.37. The molecule has 0 aliphatic rings. The Morgan fingerprint density at radius 2 is 1.88 bits per heavy atom. The summed E-state index contributed by atoms with van der Waals surface area (Å²) in [5.41, 5.74) is 0.594. The van der Waals surface area contributed by atoms with Crippen molar-refractivity contribution in [3.05, 3.63) is 65.5 Å². The van der Waals surface area contributed by atoms with Gasteiger partial charge in [0.05, 0.1) is 17.2 Å². The molecule has 0 saturated heterocycles. The third kappa shape index (κ3) is 4.02. The fourth-order valence-electron chi connectivity index (χ4n) is 3.05. The molecule has 0 bridgehead atoms. The van der Waals surface area contributed by atoms with Gasteiger partial charge >= 0.3 is 0 Å². The molecule has 0 saturated carbocycles. The van der Waals surface area contributed by atoms with Crippen molar-refractivity contribution in [1.82, 2.24) is 19.4 Å². The van der Waals surface area contributed by atoms with Crippen LogP contribution in [0.2, 0.25) is 0 Å². The zero-order valence-electron chi connectivity index (χ0n) is 15.1. The van der Waals surface area contributed by atoms with Crippen LogP contribution in [-0.2, 0) is 11.3 Å². The van der Waals surface area contributed by atoms with Crippen LogP contribution in [-0.4, -0.2) is 26.6 Å². The maximum atomic E-state index is 12.6. The summed E-state index contributed by atoms with van der Waals surface area (Å²) < 4.78 is 3.47. The van der Waals surface area contributed by atoms with Crippen molar-refractivity contribution >= 4 is 16.8 Å². The minimum absolute atomic E-state index is 0.0308. The molecule has 1 aromatic carbocycles. The van der Waals surface area contributed by atoms with Gasteiger partial charge in [-0.1, -0.05) is 26.0 Å². The summed E-state index contributed by atoms with van der Waals surface area (Å²) in [7, 11) is 0. The van der Waals surface area contributed by atoms with Crippen LogP contribution >= 0.6 is 0 Å². The molecular weight excluding hydrogens is 328 g/mol. The molecule has 3 rings (SSSR count). The van der Waals surface area contributed by atoms with Crippen LogP contribution in [0, 0.1) is 5.92 Å². The Labute approximate surface area is 152 Å². The first kappa shape index (κ1) is 17.9. The van der Waals surface area contributed by atoms with Crippen LogP contribution in [0.1, 0.15) is 26.3 Å². The normalized spacial score (nSPS) is 12.4. The zero-order chi connectivity index (χ0) is 18.5. The molecule has 2 aromatic heterocycles. The van der Waals surface area contributed by atoms with Gasteiger partial charge in [-0.3, -0.25) is 14.2 Å². The van der Waals surface area contributed by atoms with Gasteiger partial charge in [0.15, 0.2) is 0 Å². The van der Waals surface area contributed by atoms with E-state index in [0.29, 0.717) is 29.9 Å². The molecular formula is C20H24N4O2. The zero-order valence-corrected chi connectivity index (χ0v) is 15.1. The topological polar surface area (TPSA) is 68.9 Å². The highest BCUT2D eigenvalue weighted by atomic mass is 16.2. The van der Waals surface area contributed by atoms with Gasteiger partial charge in [0, 0.05) is 25.5 Å². The average molecular weight is 352 g/mol. The number of benzene rings is 1. The summed E-state index contributed by atoms with van der Waals surface area (Å²) in [6.45, 7) is 4.98. The van der Waals surface area contributed by atoms with Crippen LogP contribution in [0.5, 0.6) is 0 Å². The Bertz CT molecular complexity index is 928. The monoisotopic (exact) mass is 352 g/mol. The minimum Gasteiger partial charge on any atom is -0.353 e. The number of carbonyl (C=O) groups excluding carboxylic acids is 1. The maximum Gasteiger partial charge on any atom is 0.261 e. The lowest BCUT2D eigenvalue weighted by atomic mass is 10.0. The summed E-state index contributed by atoms with van der Waals surface area (Å²) in [6.07, 6.45) is 6.11. The lowest BCUT2D eigenvalue weighted by Crippen LogP contribution is -2.36. The van der Waals surface area contributed by atoms with E-state index in [4.69, 9.17) is 0 Å². The number of hydrogen-bond acceptors (Lipinski definition) is 3. The van der Waals surface area contributed by atoms with Crippen molar-refractivity contribution < 1.29 is 4.79 Å². The van der Waals surface area contributed by atoms with Crippen molar-refractivity contribution in [2.24, 2.45) is 5.92 Å². The van der Waals surface area contributed by atoms with Crippen LogP contribution in [0.4, 0.5) is 0 Å². The lowest BCUT2D eigenvalue weighted by molar-refractivity contribution is -0.124. The predicted molar refractivity (Wildman–Crippen MR) is 102 cm³/mol. The van der Waals surface area contributed by atoms with E-state index < -0.39 is 0 Å². The van der Waals surface area contributed by atoms with Gasteiger partial charge < -0.3 is 9.88 Å². The van der Waals surface area contributed by atoms with E-state index in [2.05, 4.69) is 24.1 Å². The minimum atomic E-state index is -0.239. The van der Waals surface area contributed by atoms with E-state index in [1.165, 1.54) is 10.9 Å². The SMILES string of the molecule is CC(C)C[C@@H](C(=O)NCCn1cnc2ccccc2c1=O)n1cccc1. The quantitative estimate of drug-likeness (QED) is 0.711. The van der Waals surface area contributed by atoms with Crippen molar-refractivity contribution in [2.45, 2.75) is 32.9 Å². The summed E-state index contributed by atoms with van der Waals surface area (Å²) in [6, 6.07) is 10.9. The van der Waals surface area contributed by atoms with Gasteiger partial charge in [-0.25, -0.2) is 4.98 Å². The van der Waals surface area contributed by atoms with Crippen LogP contribution in [0.15, 0.2) is 59.9 Å². The summed E-state index contributed by atoms with van der Waals surface area (Å²) in [5, 5.41) is 3.54. The number of carbonyl (C=O) groups is 1. The van der Waals surface area contributed by atoms with E-state index in [1.807, 2.05) is 47.3 Å². The molecule has 1 N–H and O–H groups in total. The lowest BCUT2D eigenvalue weighted by Gasteiger charge is -2.20. The molecule has 26 heavy (non-hydrogen) atoms.